The first-order valence-electron chi connectivity index (χ1n) is 11.0. The van der Waals surface area contributed by atoms with Gasteiger partial charge in [0.25, 0.3) is 11.5 Å². The summed E-state index contributed by atoms with van der Waals surface area (Å²) in [5, 5.41) is 6.30. The molecule has 0 unspecified atom stereocenters. The smallest absolute Gasteiger partial charge is 0.270 e. The van der Waals surface area contributed by atoms with Crippen molar-refractivity contribution in [2.45, 2.75) is 0 Å². The number of para-hydroxylation sites is 2. The lowest BCUT2D eigenvalue weighted by molar-refractivity contribution is -0.106. The molecule has 0 bridgehead atoms. The maximum Gasteiger partial charge on any atom is 0.270 e. The second kappa shape index (κ2) is 11.3. The van der Waals surface area contributed by atoms with Crippen LogP contribution in [0.4, 0.5) is 22.9 Å². The molecule has 3 rings (SSSR count). The van der Waals surface area contributed by atoms with Crippen LogP contribution >= 0.6 is 12.2 Å². The molecule has 36 heavy (non-hydrogen) atoms. The molecule has 0 saturated carbocycles. The largest absolute Gasteiger partial charge is 0.355 e. The van der Waals surface area contributed by atoms with Gasteiger partial charge < -0.3 is 20.4 Å². The Morgan fingerprint density at radius 2 is 1.56 bits per heavy atom. The SMILES string of the molecule is C=C(NC(=S)N(C)C)Nc1cc(=O)n(C)c(N(C)c2ccccc2)c1C(=O)N(C=O)c1ccccc1. The van der Waals surface area contributed by atoms with Gasteiger partial charge in [-0.2, -0.15) is 0 Å². The molecule has 0 aliphatic heterocycles. The third-order valence-electron chi connectivity index (χ3n) is 5.39. The van der Waals surface area contributed by atoms with Gasteiger partial charge in [-0.25, -0.2) is 4.90 Å². The van der Waals surface area contributed by atoms with Crippen LogP contribution in [0.5, 0.6) is 0 Å². The third-order valence-corrected chi connectivity index (χ3v) is 5.86. The molecular weight excluding hydrogens is 476 g/mol. The number of rotatable bonds is 8. The summed E-state index contributed by atoms with van der Waals surface area (Å²) >= 11 is 5.28. The van der Waals surface area contributed by atoms with Crippen molar-refractivity contribution in [1.29, 1.82) is 0 Å². The fraction of sp³-hybridized carbons (Fsp3) is 0.154. The summed E-state index contributed by atoms with van der Waals surface area (Å²) in [7, 11) is 6.85. The Bertz CT molecular complexity index is 1340. The number of amides is 2. The Balaban J connectivity index is 2.22. The van der Waals surface area contributed by atoms with E-state index in [4.69, 9.17) is 12.2 Å². The van der Waals surface area contributed by atoms with Crippen LogP contribution < -0.4 is 26.0 Å². The Morgan fingerprint density at radius 1 is 1.00 bits per heavy atom. The van der Waals surface area contributed by atoms with Gasteiger partial charge in [0.1, 0.15) is 17.2 Å². The van der Waals surface area contributed by atoms with Crippen molar-refractivity contribution in [2.24, 2.45) is 7.05 Å². The molecule has 9 nitrogen and oxygen atoms in total. The van der Waals surface area contributed by atoms with E-state index in [1.54, 1.807) is 68.3 Å². The molecule has 2 aromatic carbocycles. The van der Waals surface area contributed by atoms with Crippen molar-refractivity contribution in [3.63, 3.8) is 0 Å². The van der Waals surface area contributed by atoms with E-state index in [1.165, 1.54) is 10.6 Å². The number of hydrogen-bond acceptors (Lipinski definition) is 6. The van der Waals surface area contributed by atoms with Gasteiger partial charge in [0.2, 0.25) is 6.41 Å². The van der Waals surface area contributed by atoms with Crippen LogP contribution in [-0.4, -0.2) is 48.0 Å². The Hall–Kier alpha value is -4.44. The molecule has 1 heterocycles. The molecular formula is C26H28N6O3S. The molecule has 186 valence electrons. The number of carbonyl (C=O) groups is 2. The molecule has 10 heteroatoms. The van der Waals surface area contributed by atoms with E-state index in [0.717, 1.165) is 10.6 Å². The summed E-state index contributed by atoms with van der Waals surface area (Å²) in [6.07, 6.45) is 0.451. The number of anilines is 4. The minimum Gasteiger partial charge on any atom is -0.355 e. The van der Waals surface area contributed by atoms with Gasteiger partial charge in [0.15, 0.2) is 5.11 Å². The van der Waals surface area contributed by atoms with Gasteiger partial charge in [-0.1, -0.05) is 43.0 Å². The molecule has 3 aromatic rings. The predicted octanol–water partition coefficient (Wildman–Crippen LogP) is 3.28. The molecule has 0 atom stereocenters. The van der Waals surface area contributed by atoms with Crippen LogP contribution in [0.25, 0.3) is 0 Å². The maximum absolute atomic E-state index is 14.0. The summed E-state index contributed by atoms with van der Waals surface area (Å²) in [4.78, 5) is 43.5. The summed E-state index contributed by atoms with van der Waals surface area (Å²) in [6.45, 7) is 3.93. The summed E-state index contributed by atoms with van der Waals surface area (Å²) < 4.78 is 1.36. The van der Waals surface area contributed by atoms with Crippen LogP contribution in [0.15, 0.2) is 83.9 Å². The number of hydrogen-bond donors (Lipinski definition) is 2. The number of pyridine rings is 1. The zero-order chi connectivity index (χ0) is 26.4. The standard InChI is InChI=1S/C26H28N6O3S/c1-18(28-26(36)29(2)3)27-21-16-22(34)31(5)24(30(4)19-12-8-6-9-13-19)23(21)25(35)32(17-33)20-14-10-7-11-15-20/h6-17,27H,1H2,2-5H3,(H,28,36). The highest BCUT2D eigenvalue weighted by atomic mass is 32.1. The van der Waals surface area contributed by atoms with Crippen molar-refractivity contribution in [2.75, 3.05) is 36.3 Å². The zero-order valence-electron chi connectivity index (χ0n) is 20.6. The van der Waals surface area contributed by atoms with E-state index < -0.39 is 5.91 Å². The fourth-order valence-corrected chi connectivity index (χ4v) is 3.65. The second-order valence-electron chi connectivity index (χ2n) is 8.09. The normalized spacial score (nSPS) is 10.2. The number of carbonyl (C=O) groups excluding carboxylic acids is 2. The van der Waals surface area contributed by atoms with Crippen molar-refractivity contribution in [3.05, 3.63) is 95.0 Å². The van der Waals surface area contributed by atoms with Gasteiger partial charge in [0, 0.05) is 39.9 Å². The topological polar surface area (TPSA) is 89.9 Å². The average molecular weight is 505 g/mol. The molecule has 0 fully saturated rings. The lowest BCUT2D eigenvalue weighted by Gasteiger charge is -2.28. The van der Waals surface area contributed by atoms with Gasteiger partial charge in [-0.15, -0.1) is 0 Å². The molecule has 2 amide bonds. The minimum absolute atomic E-state index is 0.0955. The number of nitrogens with zero attached hydrogens (tertiary/aromatic N) is 4. The van der Waals surface area contributed by atoms with E-state index in [0.29, 0.717) is 17.2 Å². The quantitative estimate of drug-likeness (QED) is 0.357. The zero-order valence-corrected chi connectivity index (χ0v) is 21.4. The Kier molecular flexibility index (Phi) is 8.23. The van der Waals surface area contributed by atoms with Crippen LogP contribution in [0.1, 0.15) is 10.4 Å². The molecule has 2 N–H and O–H groups in total. The maximum atomic E-state index is 14.0. The van der Waals surface area contributed by atoms with E-state index >= 15 is 0 Å². The summed E-state index contributed by atoms with van der Waals surface area (Å²) in [6, 6.07) is 19.1. The van der Waals surface area contributed by atoms with Crippen molar-refractivity contribution in [3.8, 4) is 0 Å². The number of nitrogens with one attached hydrogen (secondary N) is 2. The fourth-order valence-electron chi connectivity index (χ4n) is 3.53. The van der Waals surface area contributed by atoms with Crippen molar-refractivity contribution < 1.29 is 9.59 Å². The molecule has 1 aromatic heterocycles. The summed E-state index contributed by atoms with van der Waals surface area (Å²) in [5.74, 6) is -0.0938. The number of thiocarbonyl (C=S) groups is 1. The second-order valence-corrected chi connectivity index (χ2v) is 8.48. The first kappa shape index (κ1) is 26.2. The Morgan fingerprint density at radius 3 is 2.08 bits per heavy atom. The Labute approximate surface area is 215 Å². The van der Waals surface area contributed by atoms with Gasteiger partial charge in [-0.3, -0.25) is 19.0 Å². The predicted molar refractivity (Wildman–Crippen MR) is 148 cm³/mol. The van der Waals surface area contributed by atoms with Crippen LogP contribution in [0.3, 0.4) is 0 Å². The first-order chi connectivity index (χ1) is 17.1. The van der Waals surface area contributed by atoms with Crippen LogP contribution in [-0.2, 0) is 11.8 Å². The summed E-state index contributed by atoms with van der Waals surface area (Å²) in [5.41, 5.74) is 1.02. The molecule has 0 saturated heterocycles. The first-order valence-corrected chi connectivity index (χ1v) is 11.4. The number of aromatic nitrogens is 1. The van der Waals surface area contributed by atoms with E-state index in [2.05, 4.69) is 17.2 Å². The van der Waals surface area contributed by atoms with Gasteiger partial charge >= 0.3 is 0 Å². The molecule has 0 aliphatic carbocycles. The molecule has 0 aliphatic rings. The number of benzene rings is 2. The monoisotopic (exact) mass is 504 g/mol. The van der Waals surface area contributed by atoms with E-state index in [1.807, 2.05) is 30.3 Å². The van der Waals surface area contributed by atoms with E-state index in [-0.39, 0.29) is 28.4 Å². The van der Waals surface area contributed by atoms with Gasteiger partial charge in [0.05, 0.1) is 11.4 Å². The number of imide groups is 1. The van der Waals surface area contributed by atoms with Crippen LogP contribution in [0.2, 0.25) is 0 Å². The third kappa shape index (κ3) is 5.61. The van der Waals surface area contributed by atoms with E-state index in [9.17, 15) is 14.4 Å². The highest BCUT2D eigenvalue weighted by Gasteiger charge is 2.29. The average Bonchev–Trinajstić information content (AvgIpc) is 2.86. The van der Waals surface area contributed by atoms with Gasteiger partial charge in [-0.05, 0) is 36.5 Å². The lowest BCUT2D eigenvalue weighted by atomic mass is 10.1. The van der Waals surface area contributed by atoms with Crippen molar-refractivity contribution >= 4 is 52.5 Å². The lowest BCUT2D eigenvalue weighted by Crippen LogP contribution is -2.37. The molecule has 0 spiro atoms. The van der Waals surface area contributed by atoms with Crippen LogP contribution in [0, 0.1) is 0 Å². The minimum atomic E-state index is -0.630. The highest BCUT2D eigenvalue weighted by Crippen LogP contribution is 2.32. The highest BCUT2D eigenvalue weighted by molar-refractivity contribution is 7.80. The molecule has 0 radical (unpaired) electrons. The van der Waals surface area contributed by atoms with Crippen molar-refractivity contribution in [1.82, 2.24) is 14.8 Å².